The van der Waals surface area contributed by atoms with Crippen LogP contribution in [0.25, 0.3) is 0 Å². The first kappa shape index (κ1) is 11.3. The topological polar surface area (TPSA) is 72.9 Å². The van der Waals surface area contributed by atoms with Crippen LogP contribution in [0.5, 0.6) is 0 Å². The number of thioether (sulfide) groups is 1. The lowest BCUT2D eigenvalue weighted by Crippen LogP contribution is -2.40. The maximum atomic E-state index is 11.7. The molecule has 16 heavy (non-hydrogen) atoms. The lowest BCUT2D eigenvalue weighted by molar-refractivity contribution is -0.122. The number of carbonyl (C=O) groups excluding carboxylic acids is 1. The van der Waals surface area contributed by atoms with Crippen LogP contribution in [0.2, 0.25) is 0 Å². The Morgan fingerprint density at radius 1 is 1.75 bits per heavy atom. The molecule has 2 heterocycles. The third kappa shape index (κ3) is 3.16. The minimum Gasteiger partial charge on any atom is -0.382 e. The predicted octanol–water partition coefficient (Wildman–Crippen LogP) is 0.477. The van der Waals surface area contributed by atoms with Gasteiger partial charge in [-0.1, -0.05) is 0 Å². The van der Waals surface area contributed by atoms with E-state index in [9.17, 15) is 4.79 Å². The van der Waals surface area contributed by atoms with Crippen LogP contribution in [0.1, 0.15) is 12.8 Å². The molecule has 3 N–H and O–H groups in total. The Hall–Kier alpha value is -1.17. The first-order valence-corrected chi connectivity index (χ1v) is 6.55. The molecule has 1 fully saturated rings. The summed E-state index contributed by atoms with van der Waals surface area (Å²) in [6.45, 7) is 0.248. The zero-order chi connectivity index (χ0) is 11.4. The molecule has 5 nitrogen and oxygen atoms in total. The smallest absolute Gasteiger partial charge is 0.241 e. The third-order valence-electron chi connectivity index (χ3n) is 2.49. The van der Waals surface area contributed by atoms with E-state index in [0.717, 1.165) is 12.2 Å². The van der Waals surface area contributed by atoms with Crippen molar-refractivity contribution in [1.29, 1.82) is 0 Å². The number of hydrogen-bond donors (Lipinski definition) is 2. The van der Waals surface area contributed by atoms with Gasteiger partial charge < -0.3 is 11.1 Å². The summed E-state index contributed by atoms with van der Waals surface area (Å²) in [5.74, 6) is 2.69. The normalized spacial score (nSPS) is 20.6. The summed E-state index contributed by atoms with van der Waals surface area (Å²) in [5, 5.41) is 6.99. The Bertz CT molecular complexity index is 359. The Balaban J connectivity index is 1.79. The number of nitrogens with zero attached hydrogens (tertiary/aromatic N) is 2. The van der Waals surface area contributed by atoms with Gasteiger partial charge in [-0.3, -0.25) is 9.48 Å². The molecule has 0 spiro atoms. The summed E-state index contributed by atoms with van der Waals surface area (Å²) < 4.78 is 1.56. The van der Waals surface area contributed by atoms with E-state index >= 15 is 0 Å². The summed E-state index contributed by atoms with van der Waals surface area (Å²) in [6, 6.07) is 2.00. The van der Waals surface area contributed by atoms with Crippen molar-refractivity contribution in [2.45, 2.75) is 25.4 Å². The zero-order valence-corrected chi connectivity index (χ0v) is 9.87. The molecule has 0 aliphatic carbocycles. The summed E-state index contributed by atoms with van der Waals surface area (Å²) >= 11 is 1.90. The molecule has 2 rings (SSSR count). The van der Waals surface area contributed by atoms with Gasteiger partial charge in [0, 0.05) is 18.0 Å². The monoisotopic (exact) mass is 240 g/mol. The first-order valence-electron chi connectivity index (χ1n) is 5.40. The summed E-state index contributed by atoms with van der Waals surface area (Å²) in [5.41, 5.74) is 5.47. The highest BCUT2D eigenvalue weighted by Gasteiger charge is 2.16. The van der Waals surface area contributed by atoms with Crippen molar-refractivity contribution in [3.63, 3.8) is 0 Å². The van der Waals surface area contributed by atoms with E-state index in [2.05, 4.69) is 10.4 Å². The van der Waals surface area contributed by atoms with Crippen molar-refractivity contribution < 1.29 is 4.79 Å². The van der Waals surface area contributed by atoms with Gasteiger partial charge in [-0.2, -0.15) is 16.9 Å². The average molecular weight is 240 g/mol. The Morgan fingerprint density at radius 2 is 2.62 bits per heavy atom. The number of nitrogens with one attached hydrogen (secondary N) is 1. The fourth-order valence-electron chi connectivity index (χ4n) is 1.74. The van der Waals surface area contributed by atoms with Crippen molar-refractivity contribution in [3.05, 3.63) is 12.3 Å². The van der Waals surface area contributed by atoms with E-state index in [1.54, 1.807) is 16.9 Å². The van der Waals surface area contributed by atoms with E-state index in [4.69, 9.17) is 5.73 Å². The van der Waals surface area contributed by atoms with Gasteiger partial charge in [-0.25, -0.2) is 0 Å². The molecule has 1 aliphatic heterocycles. The van der Waals surface area contributed by atoms with Gasteiger partial charge in [0.15, 0.2) is 0 Å². The van der Waals surface area contributed by atoms with Gasteiger partial charge in [-0.05, 0) is 24.7 Å². The van der Waals surface area contributed by atoms with Gasteiger partial charge in [-0.15, -0.1) is 0 Å². The molecule has 0 bridgehead atoms. The first-order chi connectivity index (χ1) is 7.74. The molecule has 1 saturated heterocycles. The molecule has 1 aromatic rings. The highest BCUT2D eigenvalue weighted by Crippen LogP contribution is 2.16. The molecule has 6 heteroatoms. The second-order valence-electron chi connectivity index (χ2n) is 3.92. The standard InChI is InChI=1S/C10H16N4OS/c11-9-3-4-14(13-9)6-10(15)12-8-2-1-5-16-7-8/h3-4,8H,1-2,5-7H2,(H2,11,13)(H,12,15). The molecule has 1 aromatic heterocycles. The van der Waals surface area contributed by atoms with Crippen LogP contribution in [0.3, 0.4) is 0 Å². The molecule has 1 atom stereocenters. The fraction of sp³-hybridized carbons (Fsp3) is 0.600. The average Bonchev–Trinajstić information content (AvgIpc) is 2.65. The van der Waals surface area contributed by atoms with Crippen LogP contribution >= 0.6 is 11.8 Å². The lowest BCUT2D eigenvalue weighted by atomic mass is 10.2. The SMILES string of the molecule is Nc1ccn(CC(=O)NC2CCCSC2)n1. The zero-order valence-electron chi connectivity index (χ0n) is 9.06. The van der Waals surface area contributed by atoms with E-state index in [1.165, 1.54) is 12.2 Å². The molecular formula is C10H16N4OS. The van der Waals surface area contributed by atoms with Crippen LogP contribution in [0, 0.1) is 0 Å². The highest BCUT2D eigenvalue weighted by molar-refractivity contribution is 7.99. The van der Waals surface area contributed by atoms with Crippen LogP contribution in [0.4, 0.5) is 5.82 Å². The number of aromatic nitrogens is 2. The number of hydrogen-bond acceptors (Lipinski definition) is 4. The van der Waals surface area contributed by atoms with Crippen molar-refractivity contribution in [2.75, 3.05) is 17.2 Å². The van der Waals surface area contributed by atoms with Gasteiger partial charge in [0.05, 0.1) is 0 Å². The van der Waals surface area contributed by atoms with E-state index in [0.29, 0.717) is 11.9 Å². The highest BCUT2D eigenvalue weighted by atomic mass is 32.2. The minimum atomic E-state index is 0.00981. The number of rotatable bonds is 3. The summed E-state index contributed by atoms with van der Waals surface area (Å²) in [7, 11) is 0. The van der Waals surface area contributed by atoms with Gasteiger partial charge in [0.25, 0.3) is 0 Å². The molecule has 0 radical (unpaired) electrons. The molecule has 0 aromatic carbocycles. The minimum absolute atomic E-state index is 0.00981. The summed E-state index contributed by atoms with van der Waals surface area (Å²) in [4.78, 5) is 11.7. The van der Waals surface area contributed by atoms with E-state index < -0.39 is 0 Å². The number of amides is 1. The number of carbonyl (C=O) groups is 1. The largest absolute Gasteiger partial charge is 0.382 e. The van der Waals surface area contributed by atoms with E-state index in [-0.39, 0.29) is 12.5 Å². The molecule has 88 valence electrons. The van der Waals surface area contributed by atoms with Crippen LogP contribution in [-0.2, 0) is 11.3 Å². The van der Waals surface area contributed by atoms with Crippen LogP contribution < -0.4 is 11.1 Å². The molecule has 0 saturated carbocycles. The van der Waals surface area contributed by atoms with Gasteiger partial charge in [0.1, 0.15) is 12.4 Å². The van der Waals surface area contributed by atoms with Crippen LogP contribution in [0.15, 0.2) is 12.3 Å². The third-order valence-corrected chi connectivity index (χ3v) is 3.71. The van der Waals surface area contributed by atoms with Crippen LogP contribution in [-0.4, -0.2) is 33.2 Å². The van der Waals surface area contributed by atoms with Gasteiger partial charge >= 0.3 is 0 Å². The predicted molar refractivity (Wildman–Crippen MR) is 65.1 cm³/mol. The summed E-state index contributed by atoms with van der Waals surface area (Å²) in [6.07, 6.45) is 3.98. The van der Waals surface area contributed by atoms with E-state index in [1.807, 2.05) is 11.8 Å². The lowest BCUT2D eigenvalue weighted by Gasteiger charge is -2.22. The molecular weight excluding hydrogens is 224 g/mol. The maximum Gasteiger partial charge on any atom is 0.241 e. The second-order valence-corrected chi connectivity index (χ2v) is 5.07. The number of nitrogen functional groups attached to an aromatic ring is 1. The maximum absolute atomic E-state index is 11.7. The Labute approximate surface area is 98.8 Å². The quantitative estimate of drug-likeness (QED) is 0.806. The van der Waals surface area contributed by atoms with Gasteiger partial charge in [0.2, 0.25) is 5.91 Å². The Morgan fingerprint density at radius 3 is 3.25 bits per heavy atom. The fourth-order valence-corrected chi connectivity index (χ4v) is 2.81. The Kier molecular flexibility index (Phi) is 3.71. The van der Waals surface area contributed by atoms with Crippen molar-refractivity contribution >= 4 is 23.5 Å². The number of nitrogens with two attached hydrogens (primary N) is 1. The molecule has 1 amide bonds. The molecule has 1 aliphatic rings. The van der Waals surface area contributed by atoms with Crippen molar-refractivity contribution in [1.82, 2.24) is 15.1 Å². The molecule has 1 unspecified atom stereocenters. The second kappa shape index (κ2) is 5.25. The number of anilines is 1. The van der Waals surface area contributed by atoms with Crippen molar-refractivity contribution in [3.8, 4) is 0 Å². The van der Waals surface area contributed by atoms with Crippen molar-refractivity contribution in [2.24, 2.45) is 0 Å².